The zero-order valence-corrected chi connectivity index (χ0v) is 10.9. The van der Waals surface area contributed by atoms with E-state index >= 15 is 0 Å². The van der Waals surface area contributed by atoms with Gasteiger partial charge < -0.3 is 10.6 Å². The molecule has 0 amide bonds. The van der Waals surface area contributed by atoms with Crippen molar-refractivity contribution in [3.63, 3.8) is 0 Å². The van der Waals surface area contributed by atoms with Crippen LogP contribution in [0, 0.1) is 6.92 Å². The van der Waals surface area contributed by atoms with Crippen LogP contribution in [0.15, 0.2) is 12.1 Å². The van der Waals surface area contributed by atoms with E-state index in [4.69, 9.17) is 10.7 Å². The molecule has 2 N–H and O–H groups in total. The van der Waals surface area contributed by atoms with Crippen molar-refractivity contribution in [3.8, 4) is 0 Å². The van der Waals surface area contributed by atoms with Gasteiger partial charge in [0, 0.05) is 30.4 Å². The largest absolute Gasteiger partial charge is 0.353 e. The van der Waals surface area contributed by atoms with Crippen LogP contribution in [-0.4, -0.2) is 17.6 Å². The van der Waals surface area contributed by atoms with Gasteiger partial charge in [0.1, 0.15) is 5.82 Å². The van der Waals surface area contributed by atoms with Gasteiger partial charge >= 0.3 is 0 Å². The van der Waals surface area contributed by atoms with E-state index in [1.54, 1.807) is 0 Å². The standard InChI is InChI=1S/C14H23N3/c1-3-13-6-4-5-9-17(13)14-12(10-15)8-7-11(2)16-14/h7-8,13H,3-6,9-10,15H2,1-2H3. The van der Waals surface area contributed by atoms with Crippen LogP contribution < -0.4 is 10.6 Å². The molecule has 1 aromatic heterocycles. The van der Waals surface area contributed by atoms with Crippen LogP contribution in [0.1, 0.15) is 43.9 Å². The maximum atomic E-state index is 5.83. The summed E-state index contributed by atoms with van der Waals surface area (Å²) in [6.45, 7) is 6.02. The molecule has 17 heavy (non-hydrogen) atoms. The number of hydrogen-bond donors (Lipinski definition) is 1. The van der Waals surface area contributed by atoms with Gasteiger partial charge in [0.15, 0.2) is 0 Å². The molecular formula is C14H23N3. The van der Waals surface area contributed by atoms with Crippen LogP contribution in [0.25, 0.3) is 0 Å². The molecule has 1 fully saturated rings. The average molecular weight is 233 g/mol. The Morgan fingerprint density at radius 1 is 1.41 bits per heavy atom. The van der Waals surface area contributed by atoms with E-state index in [9.17, 15) is 0 Å². The van der Waals surface area contributed by atoms with E-state index in [1.807, 2.05) is 0 Å². The molecule has 0 saturated carbocycles. The van der Waals surface area contributed by atoms with Crippen LogP contribution in [0.2, 0.25) is 0 Å². The zero-order chi connectivity index (χ0) is 12.3. The van der Waals surface area contributed by atoms with E-state index in [-0.39, 0.29) is 0 Å². The first kappa shape index (κ1) is 12.4. The summed E-state index contributed by atoms with van der Waals surface area (Å²) in [5.41, 5.74) is 8.09. The predicted octanol–water partition coefficient (Wildman–Crippen LogP) is 2.62. The lowest BCUT2D eigenvalue weighted by Gasteiger charge is -2.37. The summed E-state index contributed by atoms with van der Waals surface area (Å²) in [6.07, 6.45) is 5.10. The average Bonchev–Trinajstić information content (AvgIpc) is 2.38. The van der Waals surface area contributed by atoms with Crippen molar-refractivity contribution >= 4 is 5.82 Å². The number of piperidine rings is 1. The van der Waals surface area contributed by atoms with Gasteiger partial charge in [-0.05, 0) is 38.7 Å². The number of nitrogens with two attached hydrogens (primary N) is 1. The zero-order valence-electron chi connectivity index (χ0n) is 10.9. The van der Waals surface area contributed by atoms with Crippen LogP contribution in [0.4, 0.5) is 5.82 Å². The molecule has 3 heteroatoms. The Hall–Kier alpha value is -1.09. The third kappa shape index (κ3) is 2.60. The van der Waals surface area contributed by atoms with Gasteiger partial charge in [-0.1, -0.05) is 13.0 Å². The molecule has 1 aliphatic heterocycles. The molecule has 1 aromatic rings. The Morgan fingerprint density at radius 3 is 2.94 bits per heavy atom. The lowest BCUT2D eigenvalue weighted by atomic mass is 9.99. The second kappa shape index (κ2) is 5.50. The summed E-state index contributed by atoms with van der Waals surface area (Å²) >= 11 is 0. The fourth-order valence-corrected chi connectivity index (χ4v) is 2.68. The normalized spacial score (nSPS) is 20.6. The molecule has 0 aliphatic carbocycles. The molecule has 0 spiro atoms. The second-order valence-electron chi connectivity index (χ2n) is 4.89. The van der Waals surface area contributed by atoms with E-state index in [1.165, 1.54) is 31.2 Å². The number of anilines is 1. The van der Waals surface area contributed by atoms with Gasteiger partial charge in [-0.15, -0.1) is 0 Å². The minimum Gasteiger partial charge on any atom is -0.353 e. The summed E-state index contributed by atoms with van der Waals surface area (Å²) in [5.74, 6) is 1.12. The molecule has 0 radical (unpaired) electrons. The van der Waals surface area contributed by atoms with E-state index in [0.29, 0.717) is 12.6 Å². The van der Waals surface area contributed by atoms with Crippen molar-refractivity contribution in [1.82, 2.24) is 4.98 Å². The highest BCUT2D eigenvalue weighted by Gasteiger charge is 2.23. The number of hydrogen-bond acceptors (Lipinski definition) is 3. The minimum atomic E-state index is 0.579. The lowest BCUT2D eigenvalue weighted by molar-refractivity contribution is 0.445. The summed E-state index contributed by atoms with van der Waals surface area (Å²) < 4.78 is 0. The van der Waals surface area contributed by atoms with Gasteiger partial charge in [0.05, 0.1) is 0 Å². The molecule has 0 aromatic carbocycles. The Balaban J connectivity index is 2.33. The van der Waals surface area contributed by atoms with Crippen molar-refractivity contribution in [2.75, 3.05) is 11.4 Å². The minimum absolute atomic E-state index is 0.579. The summed E-state index contributed by atoms with van der Waals surface area (Å²) in [7, 11) is 0. The maximum absolute atomic E-state index is 5.83. The van der Waals surface area contributed by atoms with Crippen molar-refractivity contribution in [2.45, 2.75) is 52.1 Å². The van der Waals surface area contributed by atoms with Crippen LogP contribution in [0.5, 0.6) is 0 Å². The van der Waals surface area contributed by atoms with Crippen LogP contribution in [0.3, 0.4) is 0 Å². The number of pyridine rings is 1. The highest BCUT2D eigenvalue weighted by Crippen LogP contribution is 2.27. The molecule has 1 unspecified atom stereocenters. The molecule has 94 valence electrons. The highest BCUT2D eigenvalue weighted by molar-refractivity contribution is 5.49. The molecule has 2 heterocycles. The Morgan fingerprint density at radius 2 is 2.24 bits per heavy atom. The number of aromatic nitrogens is 1. The first-order chi connectivity index (χ1) is 8.26. The first-order valence-corrected chi connectivity index (χ1v) is 6.69. The van der Waals surface area contributed by atoms with E-state index < -0.39 is 0 Å². The number of rotatable bonds is 3. The van der Waals surface area contributed by atoms with Gasteiger partial charge in [0.2, 0.25) is 0 Å². The molecule has 3 nitrogen and oxygen atoms in total. The Bertz CT molecular complexity index is 376. The molecule has 1 atom stereocenters. The van der Waals surface area contributed by atoms with E-state index in [2.05, 4.69) is 30.9 Å². The molecular weight excluding hydrogens is 210 g/mol. The quantitative estimate of drug-likeness (QED) is 0.872. The van der Waals surface area contributed by atoms with Gasteiger partial charge in [-0.2, -0.15) is 0 Å². The van der Waals surface area contributed by atoms with Crippen molar-refractivity contribution < 1.29 is 0 Å². The lowest BCUT2D eigenvalue weighted by Crippen LogP contribution is -2.40. The monoisotopic (exact) mass is 233 g/mol. The smallest absolute Gasteiger partial charge is 0.133 e. The first-order valence-electron chi connectivity index (χ1n) is 6.69. The summed E-state index contributed by atoms with van der Waals surface area (Å²) in [6, 6.07) is 4.82. The van der Waals surface area contributed by atoms with Gasteiger partial charge in [0.25, 0.3) is 0 Å². The van der Waals surface area contributed by atoms with Crippen LogP contribution >= 0.6 is 0 Å². The fourth-order valence-electron chi connectivity index (χ4n) is 2.68. The molecule has 1 aliphatic rings. The SMILES string of the molecule is CCC1CCCCN1c1nc(C)ccc1CN. The Kier molecular flexibility index (Phi) is 4.00. The Labute approximate surface area is 104 Å². The van der Waals surface area contributed by atoms with Crippen molar-refractivity contribution in [3.05, 3.63) is 23.4 Å². The second-order valence-corrected chi connectivity index (χ2v) is 4.89. The predicted molar refractivity (Wildman–Crippen MR) is 72.1 cm³/mol. The third-order valence-electron chi connectivity index (χ3n) is 3.69. The van der Waals surface area contributed by atoms with Crippen molar-refractivity contribution in [2.24, 2.45) is 5.73 Å². The number of nitrogens with zero attached hydrogens (tertiary/aromatic N) is 2. The highest BCUT2D eigenvalue weighted by atomic mass is 15.2. The van der Waals surface area contributed by atoms with Crippen LogP contribution in [-0.2, 0) is 6.54 Å². The third-order valence-corrected chi connectivity index (χ3v) is 3.69. The van der Waals surface area contributed by atoms with E-state index in [0.717, 1.165) is 18.1 Å². The topological polar surface area (TPSA) is 42.2 Å². The number of aryl methyl sites for hydroxylation is 1. The van der Waals surface area contributed by atoms with Crippen molar-refractivity contribution in [1.29, 1.82) is 0 Å². The fraction of sp³-hybridized carbons (Fsp3) is 0.643. The molecule has 1 saturated heterocycles. The van der Waals surface area contributed by atoms with Gasteiger partial charge in [-0.25, -0.2) is 4.98 Å². The maximum Gasteiger partial charge on any atom is 0.133 e. The molecule has 0 bridgehead atoms. The summed E-state index contributed by atoms with van der Waals surface area (Å²) in [5, 5.41) is 0. The summed E-state index contributed by atoms with van der Waals surface area (Å²) in [4.78, 5) is 7.18. The van der Waals surface area contributed by atoms with Gasteiger partial charge in [-0.3, -0.25) is 0 Å². The molecule has 2 rings (SSSR count).